The number of aromatic nitrogens is 2. The zero-order valence-corrected chi connectivity index (χ0v) is 16.6. The molecule has 1 atom stereocenters. The van der Waals surface area contributed by atoms with Gasteiger partial charge in [-0.2, -0.15) is 5.10 Å². The quantitative estimate of drug-likeness (QED) is 0.495. The SMILES string of the molecule is CN=C(NCCOc1cc(C)cc(C)c1)N1CCOC(c2cnn(C)c2)C1. The molecule has 2 aromatic rings. The Hall–Kier alpha value is -2.54. The van der Waals surface area contributed by atoms with Crippen molar-refractivity contribution in [3.8, 4) is 5.75 Å². The first kappa shape index (κ1) is 19.2. The molecule has 1 aromatic heterocycles. The van der Waals surface area contributed by atoms with Gasteiger partial charge in [0.1, 0.15) is 18.5 Å². The molecule has 1 aromatic carbocycles. The van der Waals surface area contributed by atoms with Crippen LogP contribution in [-0.2, 0) is 11.8 Å². The predicted octanol–water partition coefficient (Wildman–Crippen LogP) is 2.06. The largest absolute Gasteiger partial charge is 0.492 e. The molecule has 0 aliphatic carbocycles. The molecule has 1 unspecified atom stereocenters. The second-order valence-corrected chi connectivity index (χ2v) is 6.90. The Morgan fingerprint density at radius 2 is 2.11 bits per heavy atom. The lowest BCUT2D eigenvalue weighted by molar-refractivity contribution is -0.00805. The first-order valence-electron chi connectivity index (χ1n) is 9.32. The fraction of sp³-hybridized carbons (Fsp3) is 0.500. The maximum Gasteiger partial charge on any atom is 0.193 e. The van der Waals surface area contributed by atoms with Gasteiger partial charge < -0.3 is 19.7 Å². The Morgan fingerprint density at radius 1 is 1.33 bits per heavy atom. The van der Waals surface area contributed by atoms with Crippen LogP contribution in [0.3, 0.4) is 0 Å². The van der Waals surface area contributed by atoms with E-state index in [4.69, 9.17) is 9.47 Å². The normalized spacial score (nSPS) is 17.9. The highest BCUT2D eigenvalue weighted by molar-refractivity contribution is 5.80. The fourth-order valence-electron chi connectivity index (χ4n) is 3.33. The molecule has 7 nitrogen and oxygen atoms in total. The van der Waals surface area contributed by atoms with Crippen molar-refractivity contribution in [1.29, 1.82) is 0 Å². The van der Waals surface area contributed by atoms with Crippen molar-refractivity contribution >= 4 is 5.96 Å². The highest BCUT2D eigenvalue weighted by Gasteiger charge is 2.25. The first-order valence-corrected chi connectivity index (χ1v) is 9.32. The smallest absolute Gasteiger partial charge is 0.193 e. The van der Waals surface area contributed by atoms with Crippen molar-refractivity contribution in [1.82, 2.24) is 20.0 Å². The van der Waals surface area contributed by atoms with Gasteiger partial charge in [0.05, 0.1) is 25.9 Å². The maximum atomic E-state index is 5.91. The number of morpholine rings is 1. The molecule has 1 fully saturated rings. The number of aliphatic imine (C=N–C) groups is 1. The third kappa shape index (κ3) is 5.23. The summed E-state index contributed by atoms with van der Waals surface area (Å²) in [5, 5.41) is 7.63. The number of benzene rings is 1. The number of hydrogen-bond acceptors (Lipinski definition) is 4. The van der Waals surface area contributed by atoms with E-state index in [0.717, 1.165) is 30.4 Å². The van der Waals surface area contributed by atoms with E-state index in [9.17, 15) is 0 Å². The van der Waals surface area contributed by atoms with E-state index >= 15 is 0 Å². The molecule has 2 heterocycles. The lowest BCUT2D eigenvalue weighted by Crippen LogP contribution is -2.48. The van der Waals surface area contributed by atoms with Crippen molar-refractivity contribution in [2.45, 2.75) is 20.0 Å². The molecular formula is C20H29N5O2. The average molecular weight is 371 g/mol. The van der Waals surface area contributed by atoms with Crippen LogP contribution in [0.4, 0.5) is 0 Å². The summed E-state index contributed by atoms with van der Waals surface area (Å²) in [6, 6.07) is 6.26. The highest BCUT2D eigenvalue weighted by atomic mass is 16.5. The minimum absolute atomic E-state index is 0.0116. The third-order valence-corrected chi connectivity index (χ3v) is 4.52. The van der Waals surface area contributed by atoms with Gasteiger partial charge in [-0.05, 0) is 37.1 Å². The van der Waals surface area contributed by atoms with Crippen LogP contribution in [0, 0.1) is 13.8 Å². The number of aryl methyl sites for hydroxylation is 3. The van der Waals surface area contributed by atoms with Gasteiger partial charge in [-0.15, -0.1) is 0 Å². The summed E-state index contributed by atoms with van der Waals surface area (Å²) in [7, 11) is 3.72. The molecule has 3 rings (SSSR count). The number of hydrogen-bond donors (Lipinski definition) is 1. The maximum absolute atomic E-state index is 5.91. The van der Waals surface area contributed by atoms with Gasteiger partial charge in [0.2, 0.25) is 0 Å². The monoisotopic (exact) mass is 371 g/mol. The summed E-state index contributed by atoms with van der Waals surface area (Å²) in [6.45, 7) is 7.66. The second-order valence-electron chi connectivity index (χ2n) is 6.90. The van der Waals surface area contributed by atoms with Gasteiger partial charge in [-0.3, -0.25) is 9.67 Å². The molecule has 0 saturated carbocycles. The Balaban J connectivity index is 1.49. The molecule has 0 radical (unpaired) electrons. The van der Waals surface area contributed by atoms with Gasteiger partial charge >= 0.3 is 0 Å². The number of rotatable bonds is 5. The van der Waals surface area contributed by atoms with Gasteiger partial charge in [0.25, 0.3) is 0 Å². The number of nitrogens with zero attached hydrogens (tertiary/aromatic N) is 4. The summed E-state index contributed by atoms with van der Waals surface area (Å²) in [4.78, 5) is 6.64. The van der Waals surface area contributed by atoms with Crippen LogP contribution in [0.2, 0.25) is 0 Å². The van der Waals surface area contributed by atoms with E-state index in [-0.39, 0.29) is 6.10 Å². The van der Waals surface area contributed by atoms with Crippen molar-refractivity contribution in [2.24, 2.45) is 12.0 Å². The molecule has 0 bridgehead atoms. The lowest BCUT2D eigenvalue weighted by Gasteiger charge is -2.34. The molecule has 1 aliphatic rings. The minimum Gasteiger partial charge on any atom is -0.492 e. The zero-order valence-electron chi connectivity index (χ0n) is 16.6. The van der Waals surface area contributed by atoms with E-state index in [0.29, 0.717) is 19.8 Å². The first-order chi connectivity index (χ1) is 13.0. The van der Waals surface area contributed by atoms with Crippen molar-refractivity contribution < 1.29 is 9.47 Å². The number of nitrogens with one attached hydrogen (secondary N) is 1. The Bertz CT molecular complexity index is 766. The van der Waals surface area contributed by atoms with Gasteiger partial charge in [0, 0.05) is 32.4 Å². The molecule has 1 aliphatic heterocycles. The number of ether oxygens (including phenoxy) is 2. The Labute approximate surface area is 161 Å². The van der Waals surface area contributed by atoms with Crippen LogP contribution >= 0.6 is 0 Å². The van der Waals surface area contributed by atoms with Crippen LogP contribution in [0.15, 0.2) is 35.6 Å². The Morgan fingerprint density at radius 3 is 2.78 bits per heavy atom. The predicted molar refractivity (Wildman–Crippen MR) is 106 cm³/mol. The van der Waals surface area contributed by atoms with E-state index < -0.39 is 0 Å². The molecule has 27 heavy (non-hydrogen) atoms. The summed E-state index contributed by atoms with van der Waals surface area (Å²) in [5.41, 5.74) is 3.52. The third-order valence-electron chi connectivity index (χ3n) is 4.52. The zero-order chi connectivity index (χ0) is 19.2. The molecular weight excluding hydrogens is 342 g/mol. The van der Waals surface area contributed by atoms with E-state index in [1.807, 2.05) is 26.5 Å². The van der Waals surface area contributed by atoms with Crippen LogP contribution in [0.1, 0.15) is 22.8 Å². The van der Waals surface area contributed by atoms with Crippen LogP contribution in [0.25, 0.3) is 0 Å². The molecule has 146 valence electrons. The summed E-state index contributed by atoms with van der Waals surface area (Å²) in [5.74, 6) is 1.78. The lowest BCUT2D eigenvalue weighted by atomic mass is 10.1. The second kappa shape index (κ2) is 8.90. The summed E-state index contributed by atoms with van der Waals surface area (Å²) < 4.78 is 13.6. The van der Waals surface area contributed by atoms with Gasteiger partial charge in [-0.25, -0.2) is 0 Å². The van der Waals surface area contributed by atoms with Gasteiger partial charge in [-0.1, -0.05) is 6.07 Å². The topological polar surface area (TPSA) is 63.9 Å². The van der Waals surface area contributed by atoms with Crippen molar-refractivity contribution in [3.05, 3.63) is 47.3 Å². The summed E-state index contributed by atoms with van der Waals surface area (Å²) in [6.07, 6.45) is 3.88. The molecule has 1 saturated heterocycles. The molecule has 7 heteroatoms. The average Bonchev–Trinajstić information content (AvgIpc) is 3.08. The Kier molecular flexibility index (Phi) is 6.34. The van der Waals surface area contributed by atoms with Gasteiger partial charge in [0.15, 0.2) is 5.96 Å². The molecule has 1 N–H and O–H groups in total. The van der Waals surface area contributed by atoms with Crippen LogP contribution in [0.5, 0.6) is 5.75 Å². The standard InChI is InChI=1S/C20H29N5O2/c1-15-9-16(2)11-18(10-15)26-7-5-22-20(21-3)25-6-8-27-19(14-25)17-12-23-24(4)13-17/h9-13,19H,5-8,14H2,1-4H3,(H,21,22). The van der Waals surface area contributed by atoms with E-state index in [1.54, 1.807) is 4.68 Å². The molecule has 0 spiro atoms. The van der Waals surface area contributed by atoms with Crippen LogP contribution in [-0.4, -0.2) is 60.5 Å². The van der Waals surface area contributed by atoms with Crippen molar-refractivity contribution in [2.75, 3.05) is 39.9 Å². The number of guanidine groups is 1. The van der Waals surface area contributed by atoms with Crippen molar-refractivity contribution in [3.63, 3.8) is 0 Å². The van der Waals surface area contributed by atoms with Crippen LogP contribution < -0.4 is 10.1 Å². The fourth-order valence-corrected chi connectivity index (χ4v) is 3.33. The minimum atomic E-state index is 0.0116. The van der Waals surface area contributed by atoms with E-state index in [1.165, 1.54) is 11.1 Å². The summed E-state index contributed by atoms with van der Waals surface area (Å²) >= 11 is 0. The highest BCUT2D eigenvalue weighted by Crippen LogP contribution is 2.21. The van der Waals surface area contributed by atoms with E-state index in [2.05, 4.69) is 52.4 Å². The molecule has 0 amide bonds.